The standard InChI is InChI=1S/C17H26N2O/c1-5-6-7-15-17(20)19(4)16(18-15)14-10-8-13(9-11-14)12(2)3/h8-12,15-16,18H,5-7H2,1-4H3. The van der Waals surface area contributed by atoms with Crippen molar-refractivity contribution in [3.05, 3.63) is 35.4 Å². The van der Waals surface area contributed by atoms with Crippen molar-refractivity contribution in [1.82, 2.24) is 10.2 Å². The molecule has 2 rings (SSSR count). The first-order chi connectivity index (χ1) is 9.54. The highest BCUT2D eigenvalue weighted by atomic mass is 16.2. The van der Waals surface area contributed by atoms with Gasteiger partial charge in [0.05, 0.1) is 6.04 Å². The van der Waals surface area contributed by atoms with E-state index in [9.17, 15) is 4.79 Å². The quantitative estimate of drug-likeness (QED) is 0.892. The molecule has 20 heavy (non-hydrogen) atoms. The van der Waals surface area contributed by atoms with Crippen LogP contribution in [0.15, 0.2) is 24.3 Å². The predicted molar refractivity (Wildman–Crippen MR) is 82.5 cm³/mol. The van der Waals surface area contributed by atoms with Gasteiger partial charge in [-0.3, -0.25) is 10.1 Å². The van der Waals surface area contributed by atoms with Gasteiger partial charge in [0, 0.05) is 7.05 Å². The Labute approximate surface area is 122 Å². The normalized spacial score (nSPS) is 22.9. The number of nitrogens with one attached hydrogen (secondary N) is 1. The Kier molecular flexibility index (Phi) is 4.81. The first kappa shape index (κ1) is 15.0. The zero-order valence-electron chi connectivity index (χ0n) is 13.0. The number of likely N-dealkylation sites (N-methyl/N-ethyl adjacent to an activating group) is 1. The number of benzene rings is 1. The monoisotopic (exact) mass is 274 g/mol. The zero-order valence-corrected chi connectivity index (χ0v) is 13.0. The molecule has 1 aliphatic rings. The average molecular weight is 274 g/mol. The van der Waals surface area contributed by atoms with Crippen LogP contribution in [-0.2, 0) is 4.79 Å². The van der Waals surface area contributed by atoms with Crippen molar-refractivity contribution < 1.29 is 4.79 Å². The zero-order chi connectivity index (χ0) is 14.7. The molecular formula is C17H26N2O. The lowest BCUT2D eigenvalue weighted by Gasteiger charge is -2.20. The van der Waals surface area contributed by atoms with Crippen LogP contribution in [0.3, 0.4) is 0 Å². The Morgan fingerprint density at radius 3 is 2.45 bits per heavy atom. The van der Waals surface area contributed by atoms with Crippen LogP contribution in [0.5, 0.6) is 0 Å². The van der Waals surface area contributed by atoms with E-state index in [4.69, 9.17) is 0 Å². The van der Waals surface area contributed by atoms with Gasteiger partial charge in [-0.15, -0.1) is 0 Å². The van der Waals surface area contributed by atoms with E-state index in [1.54, 1.807) is 0 Å². The number of hydrogen-bond acceptors (Lipinski definition) is 2. The molecule has 1 aromatic rings. The van der Waals surface area contributed by atoms with Crippen molar-refractivity contribution in [3.8, 4) is 0 Å². The lowest BCUT2D eigenvalue weighted by molar-refractivity contribution is -0.128. The van der Waals surface area contributed by atoms with Gasteiger partial charge in [-0.2, -0.15) is 0 Å². The predicted octanol–water partition coefficient (Wildman–Crippen LogP) is 3.43. The maximum Gasteiger partial charge on any atom is 0.241 e. The molecule has 1 N–H and O–H groups in total. The van der Waals surface area contributed by atoms with E-state index in [0.717, 1.165) is 19.3 Å². The summed E-state index contributed by atoms with van der Waals surface area (Å²) in [5, 5.41) is 3.47. The number of rotatable bonds is 5. The molecule has 1 heterocycles. The highest BCUT2D eigenvalue weighted by Gasteiger charge is 2.36. The Morgan fingerprint density at radius 1 is 1.25 bits per heavy atom. The summed E-state index contributed by atoms with van der Waals surface area (Å²) in [7, 11) is 1.89. The van der Waals surface area contributed by atoms with Crippen LogP contribution in [0.25, 0.3) is 0 Å². The molecule has 1 amide bonds. The molecule has 110 valence electrons. The highest BCUT2D eigenvalue weighted by Crippen LogP contribution is 2.26. The summed E-state index contributed by atoms with van der Waals surface area (Å²) in [6, 6.07) is 8.59. The minimum atomic E-state index is -0.0188. The molecule has 3 heteroatoms. The van der Waals surface area contributed by atoms with E-state index >= 15 is 0 Å². The molecule has 0 bridgehead atoms. The first-order valence-electron chi connectivity index (χ1n) is 7.67. The van der Waals surface area contributed by atoms with Crippen molar-refractivity contribution in [2.45, 2.75) is 58.2 Å². The number of nitrogens with zero attached hydrogens (tertiary/aromatic N) is 1. The van der Waals surface area contributed by atoms with E-state index in [2.05, 4.69) is 50.4 Å². The van der Waals surface area contributed by atoms with Crippen LogP contribution < -0.4 is 5.32 Å². The van der Waals surface area contributed by atoms with E-state index in [1.807, 2.05) is 11.9 Å². The van der Waals surface area contributed by atoms with Gasteiger partial charge in [0.25, 0.3) is 0 Å². The molecule has 2 atom stereocenters. The fourth-order valence-corrected chi connectivity index (χ4v) is 2.74. The highest BCUT2D eigenvalue weighted by molar-refractivity contribution is 5.84. The van der Waals surface area contributed by atoms with Crippen LogP contribution in [0.2, 0.25) is 0 Å². The fraction of sp³-hybridized carbons (Fsp3) is 0.588. The molecule has 1 aromatic carbocycles. The van der Waals surface area contributed by atoms with Gasteiger partial charge in [0.15, 0.2) is 0 Å². The molecule has 0 radical (unpaired) electrons. The number of hydrogen-bond donors (Lipinski definition) is 1. The van der Waals surface area contributed by atoms with Crippen molar-refractivity contribution >= 4 is 5.91 Å². The van der Waals surface area contributed by atoms with Crippen molar-refractivity contribution in [1.29, 1.82) is 0 Å². The summed E-state index contributed by atoms with van der Waals surface area (Å²) in [5.41, 5.74) is 2.51. The summed E-state index contributed by atoms with van der Waals surface area (Å²) in [6.07, 6.45) is 3.17. The van der Waals surface area contributed by atoms with E-state index < -0.39 is 0 Å². The third-order valence-electron chi connectivity index (χ3n) is 4.16. The lowest BCUT2D eigenvalue weighted by Crippen LogP contribution is -2.28. The molecule has 0 spiro atoms. The number of carbonyl (C=O) groups excluding carboxylic acids is 1. The van der Waals surface area contributed by atoms with Gasteiger partial charge in [0.1, 0.15) is 6.17 Å². The fourth-order valence-electron chi connectivity index (χ4n) is 2.74. The molecule has 2 unspecified atom stereocenters. The lowest BCUT2D eigenvalue weighted by atomic mass is 10.0. The van der Waals surface area contributed by atoms with Gasteiger partial charge in [-0.1, -0.05) is 57.9 Å². The molecule has 0 saturated carbocycles. The minimum absolute atomic E-state index is 0.0188. The number of unbranched alkanes of at least 4 members (excludes halogenated alkanes) is 1. The summed E-state index contributed by atoms with van der Waals surface area (Å²) < 4.78 is 0. The second kappa shape index (κ2) is 6.40. The largest absolute Gasteiger partial charge is 0.325 e. The minimum Gasteiger partial charge on any atom is -0.325 e. The average Bonchev–Trinajstić information content (AvgIpc) is 2.73. The second-order valence-corrected chi connectivity index (χ2v) is 6.03. The van der Waals surface area contributed by atoms with Crippen molar-refractivity contribution in [3.63, 3.8) is 0 Å². The molecule has 1 fully saturated rings. The van der Waals surface area contributed by atoms with E-state index in [-0.39, 0.29) is 18.1 Å². The van der Waals surface area contributed by atoms with E-state index in [0.29, 0.717) is 5.92 Å². The Bertz CT molecular complexity index is 453. The van der Waals surface area contributed by atoms with E-state index in [1.165, 1.54) is 11.1 Å². The third-order valence-corrected chi connectivity index (χ3v) is 4.16. The number of carbonyl (C=O) groups is 1. The van der Waals surface area contributed by atoms with Crippen molar-refractivity contribution in [2.75, 3.05) is 7.05 Å². The molecule has 1 saturated heterocycles. The smallest absolute Gasteiger partial charge is 0.241 e. The Morgan fingerprint density at radius 2 is 1.90 bits per heavy atom. The topological polar surface area (TPSA) is 32.3 Å². The van der Waals surface area contributed by atoms with Crippen LogP contribution in [0.1, 0.15) is 63.2 Å². The summed E-state index contributed by atoms with van der Waals surface area (Å²) in [4.78, 5) is 14.1. The van der Waals surface area contributed by atoms with Gasteiger partial charge < -0.3 is 4.90 Å². The molecule has 0 aliphatic carbocycles. The maximum atomic E-state index is 12.2. The number of amides is 1. The summed E-state index contributed by atoms with van der Waals surface area (Å²) >= 11 is 0. The Hall–Kier alpha value is -1.35. The van der Waals surface area contributed by atoms with Crippen LogP contribution in [-0.4, -0.2) is 23.9 Å². The van der Waals surface area contributed by atoms with Crippen molar-refractivity contribution in [2.24, 2.45) is 0 Å². The second-order valence-electron chi connectivity index (χ2n) is 6.03. The van der Waals surface area contributed by atoms with Gasteiger partial charge in [-0.25, -0.2) is 0 Å². The molecular weight excluding hydrogens is 248 g/mol. The molecule has 0 aromatic heterocycles. The van der Waals surface area contributed by atoms with Crippen LogP contribution in [0.4, 0.5) is 0 Å². The third kappa shape index (κ3) is 3.04. The molecule has 1 aliphatic heterocycles. The van der Waals surface area contributed by atoms with Gasteiger partial charge >= 0.3 is 0 Å². The molecule has 3 nitrogen and oxygen atoms in total. The van der Waals surface area contributed by atoms with Crippen LogP contribution >= 0.6 is 0 Å². The first-order valence-corrected chi connectivity index (χ1v) is 7.67. The summed E-state index contributed by atoms with van der Waals surface area (Å²) in [6.45, 7) is 6.55. The van der Waals surface area contributed by atoms with Gasteiger partial charge in [0.2, 0.25) is 5.91 Å². The maximum absolute atomic E-state index is 12.2. The van der Waals surface area contributed by atoms with Gasteiger partial charge in [-0.05, 0) is 23.5 Å². The summed E-state index contributed by atoms with van der Waals surface area (Å²) in [5.74, 6) is 0.758. The Balaban J connectivity index is 2.10. The SMILES string of the molecule is CCCCC1NC(c2ccc(C(C)C)cc2)N(C)C1=O. The van der Waals surface area contributed by atoms with Crippen LogP contribution in [0, 0.1) is 0 Å².